The molecule has 0 spiro atoms. The number of thioether (sulfide) groups is 1. The summed E-state index contributed by atoms with van der Waals surface area (Å²) < 4.78 is 0.975. The molecule has 4 nitrogen and oxygen atoms in total. The Hall–Kier alpha value is -1.01. The van der Waals surface area contributed by atoms with Crippen molar-refractivity contribution in [3.63, 3.8) is 0 Å². The monoisotopic (exact) mass is 328 g/mol. The molecule has 1 aromatic rings. The lowest BCUT2D eigenvalue weighted by molar-refractivity contribution is -0.115. The summed E-state index contributed by atoms with van der Waals surface area (Å²) in [5, 5.41) is 4.62. The van der Waals surface area contributed by atoms with Crippen molar-refractivity contribution in [1.29, 1.82) is 0 Å². The molecule has 0 aromatic heterocycles. The van der Waals surface area contributed by atoms with Crippen molar-refractivity contribution in [2.24, 2.45) is 5.16 Å². The molecule has 2 rings (SSSR count). The first kappa shape index (κ1) is 13.4. The lowest BCUT2D eigenvalue weighted by Gasteiger charge is -2.16. The van der Waals surface area contributed by atoms with Crippen molar-refractivity contribution in [2.75, 3.05) is 10.7 Å². The van der Waals surface area contributed by atoms with Crippen LogP contribution in [-0.2, 0) is 9.63 Å². The standard InChI is InChI=1S/C12H13BrN2O2S/c1-8(2)17-14-12-15(11(16)7-18-12)10-5-3-9(13)4-6-10/h3-6,8H,7H2,1-2H3/b14-12+. The first-order chi connectivity index (χ1) is 8.58. The van der Waals surface area contributed by atoms with Gasteiger partial charge in [-0.15, -0.1) is 0 Å². The van der Waals surface area contributed by atoms with E-state index in [4.69, 9.17) is 4.84 Å². The number of carbonyl (C=O) groups is 1. The van der Waals surface area contributed by atoms with Crippen molar-refractivity contribution in [2.45, 2.75) is 20.0 Å². The molecule has 1 aromatic carbocycles. The molecule has 1 fully saturated rings. The molecule has 96 valence electrons. The number of benzene rings is 1. The van der Waals surface area contributed by atoms with Gasteiger partial charge in [0.1, 0.15) is 6.10 Å². The summed E-state index contributed by atoms with van der Waals surface area (Å²) in [6.45, 7) is 3.80. The number of rotatable bonds is 3. The number of carbonyl (C=O) groups excluding carboxylic acids is 1. The Morgan fingerprint density at radius 2 is 2.06 bits per heavy atom. The van der Waals surface area contributed by atoms with Crippen LogP contribution in [0.2, 0.25) is 0 Å². The Bertz CT molecular complexity index is 473. The van der Waals surface area contributed by atoms with Gasteiger partial charge in [-0.1, -0.05) is 32.8 Å². The molecular weight excluding hydrogens is 316 g/mol. The zero-order chi connectivity index (χ0) is 13.1. The van der Waals surface area contributed by atoms with E-state index < -0.39 is 0 Å². The number of hydrogen-bond donors (Lipinski definition) is 0. The number of halogens is 1. The van der Waals surface area contributed by atoms with E-state index in [1.165, 1.54) is 11.8 Å². The molecule has 0 atom stereocenters. The maximum absolute atomic E-state index is 11.9. The van der Waals surface area contributed by atoms with E-state index in [1.54, 1.807) is 4.90 Å². The number of nitrogens with zero attached hydrogens (tertiary/aromatic N) is 2. The Morgan fingerprint density at radius 1 is 1.39 bits per heavy atom. The zero-order valence-electron chi connectivity index (χ0n) is 10.1. The normalized spacial score (nSPS) is 17.9. The number of amidine groups is 1. The van der Waals surface area contributed by atoms with Crippen molar-refractivity contribution in [3.05, 3.63) is 28.7 Å². The van der Waals surface area contributed by atoms with Gasteiger partial charge >= 0.3 is 0 Å². The van der Waals surface area contributed by atoms with Gasteiger partial charge in [0.2, 0.25) is 11.1 Å². The lowest BCUT2D eigenvalue weighted by atomic mass is 10.3. The van der Waals surface area contributed by atoms with Gasteiger partial charge in [0, 0.05) is 4.47 Å². The number of anilines is 1. The van der Waals surface area contributed by atoms with E-state index in [2.05, 4.69) is 21.1 Å². The fraction of sp³-hybridized carbons (Fsp3) is 0.333. The minimum atomic E-state index is 0.000528. The maximum atomic E-state index is 11.9. The third-order valence-corrected chi connectivity index (χ3v) is 3.63. The summed E-state index contributed by atoms with van der Waals surface area (Å²) in [5.74, 6) is 0.421. The summed E-state index contributed by atoms with van der Waals surface area (Å²) in [4.78, 5) is 18.7. The highest BCUT2D eigenvalue weighted by atomic mass is 79.9. The fourth-order valence-electron chi connectivity index (χ4n) is 1.42. The second-order valence-corrected chi connectivity index (χ2v) is 5.88. The highest BCUT2D eigenvalue weighted by Crippen LogP contribution is 2.27. The van der Waals surface area contributed by atoms with Crippen LogP contribution >= 0.6 is 27.7 Å². The highest BCUT2D eigenvalue weighted by Gasteiger charge is 2.30. The van der Waals surface area contributed by atoms with Gasteiger partial charge in [-0.2, -0.15) is 0 Å². The van der Waals surface area contributed by atoms with Crippen molar-refractivity contribution in [1.82, 2.24) is 0 Å². The van der Waals surface area contributed by atoms with Crippen LogP contribution < -0.4 is 4.90 Å². The molecule has 1 aliphatic heterocycles. The molecule has 0 saturated carbocycles. The van der Waals surface area contributed by atoms with Crippen molar-refractivity contribution in [3.8, 4) is 0 Å². The van der Waals surface area contributed by atoms with Crippen LogP contribution in [-0.4, -0.2) is 22.9 Å². The molecule has 0 N–H and O–H groups in total. The predicted octanol–water partition coefficient (Wildman–Crippen LogP) is 3.22. The quantitative estimate of drug-likeness (QED) is 0.800. The largest absolute Gasteiger partial charge is 0.391 e. The Labute approximate surface area is 118 Å². The number of amides is 1. The average Bonchev–Trinajstić information content (AvgIpc) is 2.69. The molecule has 1 saturated heterocycles. The van der Waals surface area contributed by atoms with Crippen LogP contribution in [0.5, 0.6) is 0 Å². The average molecular weight is 329 g/mol. The predicted molar refractivity (Wildman–Crippen MR) is 77.7 cm³/mol. The van der Waals surface area contributed by atoms with Crippen LogP contribution in [0.4, 0.5) is 5.69 Å². The number of hydrogen-bond acceptors (Lipinski definition) is 4. The Balaban J connectivity index is 2.25. The summed E-state index contributed by atoms with van der Waals surface area (Å²) in [6.07, 6.45) is 0.000528. The Kier molecular flexibility index (Phi) is 4.29. The highest BCUT2D eigenvalue weighted by molar-refractivity contribution is 9.10. The van der Waals surface area contributed by atoms with Gasteiger partial charge in [-0.25, -0.2) is 0 Å². The van der Waals surface area contributed by atoms with E-state index in [1.807, 2.05) is 38.1 Å². The minimum Gasteiger partial charge on any atom is -0.391 e. The van der Waals surface area contributed by atoms with Crippen LogP contribution in [0.25, 0.3) is 0 Å². The van der Waals surface area contributed by atoms with Gasteiger partial charge in [0.25, 0.3) is 0 Å². The van der Waals surface area contributed by atoms with Crippen molar-refractivity contribution < 1.29 is 9.63 Å². The molecule has 18 heavy (non-hydrogen) atoms. The molecule has 0 bridgehead atoms. The molecule has 0 unspecified atom stereocenters. The summed E-state index contributed by atoms with van der Waals surface area (Å²) in [6, 6.07) is 7.54. The Morgan fingerprint density at radius 3 is 2.67 bits per heavy atom. The first-order valence-electron chi connectivity index (χ1n) is 5.53. The van der Waals surface area contributed by atoms with E-state index in [0.29, 0.717) is 10.9 Å². The molecule has 1 heterocycles. The van der Waals surface area contributed by atoms with Crippen LogP contribution in [0.1, 0.15) is 13.8 Å². The lowest BCUT2D eigenvalue weighted by Crippen LogP contribution is -2.29. The molecule has 0 radical (unpaired) electrons. The van der Waals surface area contributed by atoms with Gasteiger partial charge in [-0.3, -0.25) is 9.69 Å². The summed E-state index contributed by atoms with van der Waals surface area (Å²) >= 11 is 4.76. The summed E-state index contributed by atoms with van der Waals surface area (Å²) in [7, 11) is 0. The second kappa shape index (κ2) is 5.75. The van der Waals surface area contributed by atoms with Crippen molar-refractivity contribution >= 4 is 44.5 Å². The van der Waals surface area contributed by atoms with Crippen LogP contribution in [0, 0.1) is 0 Å². The topological polar surface area (TPSA) is 41.9 Å². The van der Waals surface area contributed by atoms with E-state index in [-0.39, 0.29) is 12.0 Å². The van der Waals surface area contributed by atoms with E-state index in [0.717, 1.165) is 10.2 Å². The SMILES string of the molecule is CC(C)O/N=C1/SCC(=O)N1c1ccc(Br)cc1. The molecule has 0 aliphatic carbocycles. The summed E-state index contributed by atoms with van der Waals surface area (Å²) in [5.41, 5.74) is 0.805. The minimum absolute atomic E-state index is 0.000528. The third kappa shape index (κ3) is 3.05. The van der Waals surface area contributed by atoms with Gasteiger partial charge < -0.3 is 4.84 Å². The second-order valence-electron chi connectivity index (χ2n) is 4.02. The molecule has 6 heteroatoms. The van der Waals surface area contributed by atoms with Gasteiger partial charge in [0.05, 0.1) is 11.4 Å². The zero-order valence-corrected chi connectivity index (χ0v) is 12.5. The van der Waals surface area contributed by atoms with Gasteiger partial charge in [-0.05, 0) is 38.1 Å². The van der Waals surface area contributed by atoms with E-state index in [9.17, 15) is 4.79 Å². The van der Waals surface area contributed by atoms with Gasteiger partial charge in [0.15, 0.2) is 0 Å². The molecular formula is C12H13BrN2O2S. The van der Waals surface area contributed by atoms with Crippen LogP contribution in [0.3, 0.4) is 0 Å². The molecule has 1 amide bonds. The maximum Gasteiger partial charge on any atom is 0.243 e. The smallest absolute Gasteiger partial charge is 0.243 e. The third-order valence-electron chi connectivity index (χ3n) is 2.19. The first-order valence-corrected chi connectivity index (χ1v) is 7.31. The fourth-order valence-corrected chi connectivity index (χ4v) is 2.50. The molecule has 1 aliphatic rings. The number of oxime groups is 1. The van der Waals surface area contributed by atoms with Crippen LogP contribution in [0.15, 0.2) is 33.9 Å². The van der Waals surface area contributed by atoms with E-state index >= 15 is 0 Å².